The maximum Gasteiger partial charge on any atom is 0.0178 e. The van der Waals surface area contributed by atoms with Gasteiger partial charge in [0.2, 0.25) is 0 Å². The summed E-state index contributed by atoms with van der Waals surface area (Å²) in [4.78, 5) is 2.60. The molecular formula is C17H25BrN2. The molecule has 2 fully saturated rings. The summed E-state index contributed by atoms with van der Waals surface area (Å²) in [5, 5.41) is 3.80. The average molecular weight is 337 g/mol. The van der Waals surface area contributed by atoms with Gasteiger partial charge in [-0.3, -0.25) is 0 Å². The van der Waals surface area contributed by atoms with E-state index in [2.05, 4.69) is 57.3 Å². The smallest absolute Gasteiger partial charge is 0.0178 e. The van der Waals surface area contributed by atoms with E-state index in [9.17, 15) is 0 Å². The first kappa shape index (κ1) is 14.6. The Morgan fingerprint density at radius 1 is 1.30 bits per heavy atom. The van der Waals surface area contributed by atoms with Crippen molar-refractivity contribution in [1.82, 2.24) is 10.2 Å². The van der Waals surface area contributed by atoms with Crippen molar-refractivity contribution in [3.63, 3.8) is 0 Å². The SMILES string of the molecule is CC(CN1CCCC1)NC1CC(c2cccc(Br)c2)C1. The van der Waals surface area contributed by atoms with E-state index < -0.39 is 0 Å². The molecule has 20 heavy (non-hydrogen) atoms. The Morgan fingerprint density at radius 2 is 2.05 bits per heavy atom. The highest BCUT2D eigenvalue weighted by atomic mass is 79.9. The van der Waals surface area contributed by atoms with Crippen molar-refractivity contribution in [2.24, 2.45) is 0 Å². The third-order valence-electron chi connectivity index (χ3n) is 4.71. The van der Waals surface area contributed by atoms with Gasteiger partial charge in [-0.15, -0.1) is 0 Å². The van der Waals surface area contributed by atoms with Crippen LogP contribution in [0.1, 0.15) is 44.1 Å². The van der Waals surface area contributed by atoms with Crippen molar-refractivity contribution in [1.29, 1.82) is 0 Å². The van der Waals surface area contributed by atoms with Crippen LogP contribution in [0.15, 0.2) is 28.7 Å². The first-order valence-electron chi connectivity index (χ1n) is 7.94. The van der Waals surface area contributed by atoms with Gasteiger partial charge >= 0.3 is 0 Å². The lowest BCUT2D eigenvalue weighted by Crippen LogP contribution is -2.48. The third kappa shape index (κ3) is 3.63. The van der Waals surface area contributed by atoms with Gasteiger partial charge in [0, 0.05) is 23.1 Å². The Morgan fingerprint density at radius 3 is 2.75 bits per heavy atom. The lowest BCUT2D eigenvalue weighted by atomic mass is 9.75. The number of likely N-dealkylation sites (tertiary alicyclic amines) is 1. The minimum atomic E-state index is 0.626. The fourth-order valence-corrected chi connectivity index (χ4v) is 4.01. The quantitative estimate of drug-likeness (QED) is 0.880. The number of halogens is 1. The molecule has 2 nitrogen and oxygen atoms in total. The average Bonchev–Trinajstić information content (AvgIpc) is 2.86. The lowest BCUT2D eigenvalue weighted by Gasteiger charge is -2.39. The van der Waals surface area contributed by atoms with Crippen molar-refractivity contribution in [3.05, 3.63) is 34.3 Å². The predicted octanol–water partition coefficient (Wildman–Crippen LogP) is 3.77. The molecule has 3 rings (SSSR count). The Balaban J connectivity index is 1.41. The predicted molar refractivity (Wildman–Crippen MR) is 88.2 cm³/mol. The number of rotatable bonds is 5. The molecule has 3 heteroatoms. The zero-order valence-electron chi connectivity index (χ0n) is 12.3. The van der Waals surface area contributed by atoms with E-state index in [1.807, 2.05) is 0 Å². The van der Waals surface area contributed by atoms with Gasteiger partial charge in [-0.2, -0.15) is 0 Å². The van der Waals surface area contributed by atoms with Gasteiger partial charge in [-0.05, 0) is 69.3 Å². The van der Waals surface area contributed by atoms with Crippen LogP contribution in [0.4, 0.5) is 0 Å². The molecule has 1 N–H and O–H groups in total. The minimum Gasteiger partial charge on any atom is -0.310 e. The molecule has 1 heterocycles. The first-order chi connectivity index (χ1) is 9.70. The Bertz CT molecular complexity index is 436. The molecule has 0 spiro atoms. The van der Waals surface area contributed by atoms with Crippen molar-refractivity contribution >= 4 is 15.9 Å². The molecule has 1 aliphatic heterocycles. The number of benzene rings is 1. The van der Waals surface area contributed by atoms with Crippen LogP contribution < -0.4 is 5.32 Å². The van der Waals surface area contributed by atoms with Crippen LogP contribution in [-0.2, 0) is 0 Å². The van der Waals surface area contributed by atoms with E-state index in [1.165, 1.54) is 55.4 Å². The molecule has 0 aromatic heterocycles. The summed E-state index contributed by atoms with van der Waals surface area (Å²) in [5.74, 6) is 0.754. The van der Waals surface area contributed by atoms with Crippen molar-refractivity contribution in [3.8, 4) is 0 Å². The Kier molecular flexibility index (Phi) is 4.79. The number of hydrogen-bond donors (Lipinski definition) is 1. The molecule has 1 aromatic carbocycles. The molecule has 1 aliphatic carbocycles. The highest BCUT2D eigenvalue weighted by Gasteiger charge is 2.31. The van der Waals surface area contributed by atoms with Crippen LogP contribution >= 0.6 is 15.9 Å². The molecule has 1 saturated carbocycles. The van der Waals surface area contributed by atoms with Crippen LogP contribution in [0.5, 0.6) is 0 Å². The molecular weight excluding hydrogens is 312 g/mol. The highest BCUT2D eigenvalue weighted by molar-refractivity contribution is 9.10. The van der Waals surface area contributed by atoms with Gasteiger partial charge in [0.1, 0.15) is 0 Å². The normalized spacial score (nSPS) is 28.3. The largest absolute Gasteiger partial charge is 0.310 e. The molecule has 2 aliphatic rings. The molecule has 0 bridgehead atoms. The summed E-state index contributed by atoms with van der Waals surface area (Å²) in [7, 11) is 0. The molecule has 0 amide bonds. The van der Waals surface area contributed by atoms with Crippen molar-refractivity contribution < 1.29 is 0 Å². The van der Waals surface area contributed by atoms with Crippen molar-refractivity contribution in [2.75, 3.05) is 19.6 Å². The van der Waals surface area contributed by atoms with Gasteiger partial charge in [0.15, 0.2) is 0 Å². The summed E-state index contributed by atoms with van der Waals surface area (Å²) >= 11 is 3.57. The molecule has 110 valence electrons. The van der Waals surface area contributed by atoms with E-state index in [0.29, 0.717) is 6.04 Å². The van der Waals surface area contributed by atoms with Crippen LogP contribution in [0.3, 0.4) is 0 Å². The summed E-state index contributed by atoms with van der Waals surface area (Å²) in [6, 6.07) is 10.1. The second-order valence-electron chi connectivity index (χ2n) is 6.50. The first-order valence-corrected chi connectivity index (χ1v) is 8.74. The zero-order valence-corrected chi connectivity index (χ0v) is 13.9. The molecule has 1 aromatic rings. The number of hydrogen-bond acceptors (Lipinski definition) is 2. The standard InChI is InChI=1S/C17H25BrN2/c1-13(12-20-7-2-3-8-20)19-17-10-15(11-17)14-5-4-6-16(18)9-14/h4-6,9,13,15,17,19H,2-3,7-8,10-12H2,1H3. The number of nitrogens with zero attached hydrogens (tertiary/aromatic N) is 1. The summed E-state index contributed by atoms with van der Waals surface area (Å²) in [5.41, 5.74) is 1.49. The Labute approximate surface area is 131 Å². The molecule has 0 radical (unpaired) electrons. The minimum absolute atomic E-state index is 0.626. The topological polar surface area (TPSA) is 15.3 Å². The number of nitrogens with one attached hydrogen (secondary N) is 1. The maximum absolute atomic E-state index is 3.80. The zero-order chi connectivity index (χ0) is 13.9. The van der Waals surface area contributed by atoms with Crippen LogP contribution in [0.25, 0.3) is 0 Å². The van der Waals surface area contributed by atoms with Gasteiger partial charge < -0.3 is 10.2 Å². The van der Waals surface area contributed by atoms with E-state index in [1.54, 1.807) is 0 Å². The van der Waals surface area contributed by atoms with Crippen LogP contribution in [-0.4, -0.2) is 36.6 Å². The summed E-state index contributed by atoms with van der Waals surface area (Å²) < 4.78 is 1.20. The second-order valence-corrected chi connectivity index (χ2v) is 7.41. The van der Waals surface area contributed by atoms with Crippen molar-refractivity contribution in [2.45, 2.75) is 50.6 Å². The van der Waals surface area contributed by atoms with Gasteiger partial charge in [0.25, 0.3) is 0 Å². The van der Waals surface area contributed by atoms with E-state index in [4.69, 9.17) is 0 Å². The summed E-state index contributed by atoms with van der Waals surface area (Å²) in [6.07, 6.45) is 5.36. The Hall–Kier alpha value is -0.380. The summed E-state index contributed by atoms with van der Waals surface area (Å²) in [6.45, 7) is 6.16. The van der Waals surface area contributed by atoms with E-state index in [-0.39, 0.29) is 0 Å². The molecule has 1 atom stereocenters. The molecule has 1 unspecified atom stereocenters. The van der Waals surface area contributed by atoms with Gasteiger partial charge in [-0.1, -0.05) is 28.1 Å². The third-order valence-corrected chi connectivity index (χ3v) is 5.20. The van der Waals surface area contributed by atoms with Crippen LogP contribution in [0.2, 0.25) is 0 Å². The maximum atomic E-state index is 3.80. The van der Waals surface area contributed by atoms with E-state index in [0.717, 1.165) is 12.0 Å². The van der Waals surface area contributed by atoms with Crippen LogP contribution in [0, 0.1) is 0 Å². The fraction of sp³-hybridized carbons (Fsp3) is 0.647. The van der Waals surface area contributed by atoms with Gasteiger partial charge in [-0.25, -0.2) is 0 Å². The van der Waals surface area contributed by atoms with E-state index >= 15 is 0 Å². The monoisotopic (exact) mass is 336 g/mol. The second kappa shape index (κ2) is 6.59. The van der Waals surface area contributed by atoms with Gasteiger partial charge in [0.05, 0.1) is 0 Å². The fourth-order valence-electron chi connectivity index (χ4n) is 3.59. The molecule has 1 saturated heterocycles. The highest BCUT2D eigenvalue weighted by Crippen LogP contribution is 2.37. The lowest BCUT2D eigenvalue weighted by molar-refractivity contribution is 0.232.